The summed E-state index contributed by atoms with van der Waals surface area (Å²) in [6, 6.07) is 7.78. The number of nitriles is 4. The Hall–Kier alpha value is -2.56. The van der Waals surface area contributed by atoms with Gasteiger partial charge in [-0.05, 0) is 13.8 Å². The Morgan fingerprint density at radius 2 is 1.22 bits per heavy atom. The molecule has 0 aromatic heterocycles. The van der Waals surface area contributed by atoms with Crippen LogP contribution in [0, 0.1) is 68.0 Å². The van der Waals surface area contributed by atoms with Crippen molar-refractivity contribution in [1.82, 2.24) is 0 Å². The summed E-state index contributed by atoms with van der Waals surface area (Å²) in [5.41, 5.74) is -1.34. The van der Waals surface area contributed by atoms with E-state index < -0.39 is 22.7 Å². The highest BCUT2D eigenvalue weighted by atomic mass is 14.7. The molecule has 1 saturated carbocycles. The summed E-state index contributed by atoms with van der Waals surface area (Å²) in [5.74, 6) is -0.886. The van der Waals surface area contributed by atoms with Gasteiger partial charge in [0.15, 0.2) is 10.8 Å². The van der Waals surface area contributed by atoms with Crippen molar-refractivity contribution in [3.05, 3.63) is 23.3 Å². The van der Waals surface area contributed by atoms with Crippen LogP contribution in [0.25, 0.3) is 0 Å². The maximum atomic E-state index is 9.40. The minimum Gasteiger partial charge on any atom is -0.196 e. The average Bonchev–Trinajstić information content (AvgIpc) is 2.91. The van der Waals surface area contributed by atoms with Gasteiger partial charge in [0.05, 0.1) is 24.3 Å². The van der Waals surface area contributed by atoms with Gasteiger partial charge in [0.1, 0.15) is 0 Å². The molecule has 4 nitrogen and oxygen atoms in total. The lowest BCUT2D eigenvalue weighted by molar-refractivity contribution is 0.276. The number of rotatable bonds is 0. The molecule has 18 heavy (non-hydrogen) atoms. The number of hydrogen-bond donors (Lipinski definition) is 0. The van der Waals surface area contributed by atoms with Gasteiger partial charge in [-0.1, -0.05) is 23.3 Å². The minimum atomic E-state index is -1.59. The van der Waals surface area contributed by atoms with E-state index >= 15 is 0 Å². The molecule has 2 aliphatic carbocycles. The lowest BCUT2D eigenvalue weighted by Gasteiger charge is -2.30. The summed E-state index contributed by atoms with van der Waals surface area (Å²) in [7, 11) is 0. The van der Waals surface area contributed by atoms with Crippen molar-refractivity contribution in [2.45, 2.75) is 13.8 Å². The molecule has 0 spiro atoms. The van der Waals surface area contributed by atoms with E-state index in [0.717, 1.165) is 11.1 Å². The number of fused-ring (bicyclic) bond motifs is 2. The zero-order valence-electron chi connectivity index (χ0n) is 10.1. The third kappa shape index (κ3) is 0.924. The second kappa shape index (κ2) is 3.46. The molecule has 0 heterocycles. The predicted octanol–water partition coefficient (Wildman–Crippen LogP) is 2.21. The molecule has 2 rings (SSSR count). The van der Waals surface area contributed by atoms with Crippen LogP contribution in [0.3, 0.4) is 0 Å². The van der Waals surface area contributed by atoms with Gasteiger partial charge in [0, 0.05) is 11.8 Å². The smallest absolute Gasteiger partial charge is 0.186 e. The summed E-state index contributed by atoms with van der Waals surface area (Å²) >= 11 is 0. The van der Waals surface area contributed by atoms with Crippen molar-refractivity contribution in [3.63, 3.8) is 0 Å². The van der Waals surface area contributed by atoms with E-state index in [1.165, 1.54) is 0 Å². The molecule has 0 radical (unpaired) electrons. The molecular weight excluding hydrogens is 224 g/mol. The molecule has 0 aromatic rings. The number of hydrogen-bond acceptors (Lipinski definition) is 4. The molecule has 0 N–H and O–H groups in total. The van der Waals surface area contributed by atoms with Gasteiger partial charge >= 0.3 is 0 Å². The lowest BCUT2D eigenvalue weighted by Crippen LogP contribution is -2.41. The first-order chi connectivity index (χ1) is 8.54. The monoisotopic (exact) mass is 234 g/mol. The molecule has 0 amide bonds. The Labute approximate surface area is 106 Å². The van der Waals surface area contributed by atoms with Crippen LogP contribution >= 0.6 is 0 Å². The molecule has 1 fully saturated rings. The summed E-state index contributed by atoms with van der Waals surface area (Å²) in [5, 5.41) is 37.6. The number of allylic oxidation sites excluding steroid dienone is 4. The molecule has 2 aliphatic rings. The first kappa shape index (κ1) is 11.9. The SMILES string of the molecule is CC(C)=C1[C@H]2C=C[C@@H]1C(C#N)(C#N)C2(C#N)C#N. The van der Waals surface area contributed by atoms with Gasteiger partial charge in [-0.3, -0.25) is 0 Å². The van der Waals surface area contributed by atoms with E-state index in [-0.39, 0.29) is 0 Å². The normalized spacial score (nSPS) is 28.9. The van der Waals surface area contributed by atoms with Crippen molar-refractivity contribution >= 4 is 0 Å². The van der Waals surface area contributed by atoms with E-state index in [0.29, 0.717) is 0 Å². The van der Waals surface area contributed by atoms with Gasteiger partial charge in [0.25, 0.3) is 0 Å². The molecule has 0 saturated heterocycles. The average molecular weight is 234 g/mol. The van der Waals surface area contributed by atoms with E-state index in [4.69, 9.17) is 0 Å². The fourth-order valence-corrected chi connectivity index (χ4v) is 3.17. The highest BCUT2D eigenvalue weighted by molar-refractivity contribution is 5.56. The van der Waals surface area contributed by atoms with E-state index in [1.54, 1.807) is 12.2 Å². The molecular formula is C14H10N4. The van der Waals surface area contributed by atoms with Crippen molar-refractivity contribution in [1.29, 1.82) is 21.0 Å². The quantitative estimate of drug-likeness (QED) is 0.600. The molecule has 2 atom stereocenters. The Morgan fingerprint density at radius 1 is 0.889 bits per heavy atom. The highest BCUT2D eigenvalue weighted by Crippen LogP contribution is 2.65. The maximum Gasteiger partial charge on any atom is 0.186 e. The van der Waals surface area contributed by atoms with Crippen LogP contribution in [0.5, 0.6) is 0 Å². The zero-order valence-corrected chi connectivity index (χ0v) is 10.1. The Balaban J connectivity index is 2.88. The summed E-state index contributed by atoms with van der Waals surface area (Å²) in [6.07, 6.45) is 3.57. The predicted molar refractivity (Wildman–Crippen MR) is 61.8 cm³/mol. The van der Waals surface area contributed by atoms with E-state index in [2.05, 4.69) is 0 Å². The van der Waals surface area contributed by atoms with Crippen LogP contribution < -0.4 is 0 Å². The first-order valence-electron chi connectivity index (χ1n) is 5.55. The van der Waals surface area contributed by atoms with Crippen LogP contribution in [0.4, 0.5) is 0 Å². The van der Waals surface area contributed by atoms with Crippen molar-refractivity contribution in [2.75, 3.05) is 0 Å². The summed E-state index contributed by atoms with van der Waals surface area (Å²) < 4.78 is 0. The number of nitrogens with zero attached hydrogens (tertiary/aromatic N) is 4. The van der Waals surface area contributed by atoms with Crippen LogP contribution in [0.2, 0.25) is 0 Å². The van der Waals surface area contributed by atoms with Crippen molar-refractivity contribution in [3.8, 4) is 24.3 Å². The fourth-order valence-electron chi connectivity index (χ4n) is 3.17. The van der Waals surface area contributed by atoms with Gasteiger partial charge in [-0.2, -0.15) is 21.0 Å². The van der Waals surface area contributed by atoms with Gasteiger partial charge < -0.3 is 0 Å². The standard InChI is InChI=1S/C14H10N4/c1-9(2)12-10-3-4-11(12)14(7-17,8-18)13(10,5-15)6-16/h3-4,10-11H,1-2H3/t10-,11+. The molecule has 86 valence electrons. The van der Waals surface area contributed by atoms with Crippen LogP contribution in [0.15, 0.2) is 23.3 Å². The zero-order chi connectivity index (χ0) is 13.6. The lowest BCUT2D eigenvalue weighted by atomic mass is 9.61. The van der Waals surface area contributed by atoms with E-state index in [9.17, 15) is 21.0 Å². The van der Waals surface area contributed by atoms with Crippen molar-refractivity contribution in [2.24, 2.45) is 22.7 Å². The Morgan fingerprint density at radius 3 is 1.44 bits per heavy atom. The molecule has 0 unspecified atom stereocenters. The summed E-state index contributed by atoms with van der Waals surface area (Å²) in [4.78, 5) is 0. The first-order valence-corrected chi connectivity index (χ1v) is 5.55. The maximum absolute atomic E-state index is 9.40. The van der Waals surface area contributed by atoms with Crippen LogP contribution in [-0.2, 0) is 0 Å². The van der Waals surface area contributed by atoms with Gasteiger partial charge in [0.2, 0.25) is 0 Å². The molecule has 4 heteroatoms. The molecule has 0 aromatic carbocycles. The third-order valence-electron chi connectivity index (χ3n) is 4.00. The van der Waals surface area contributed by atoms with Gasteiger partial charge in [-0.15, -0.1) is 0 Å². The fraction of sp³-hybridized carbons (Fsp3) is 0.429. The molecule has 0 aliphatic heterocycles. The minimum absolute atomic E-state index is 0.443. The summed E-state index contributed by atoms with van der Waals surface area (Å²) in [6.45, 7) is 3.76. The third-order valence-corrected chi connectivity index (χ3v) is 4.00. The van der Waals surface area contributed by atoms with Crippen LogP contribution in [0.1, 0.15) is 13.8 Å². The van der Waals surface area contributed by atoms with Gasteiger partial charge in [-0.25, -0.2) is 0 Å². The van der Waals surface area contributed by atoms with Crippen LogP contribution in [-0.4, -0.2) is 0 Å². The Kier molecular flexibility index (Phi) is 2.29. The molecule has 2 bridgehead atoms. The second-order valence-corrected chi connectivity index (χ2v) is 4.86. The van der Waals surface area contributed by atoms with E-state index in [1.807, 2.05) is 38.1 Å². The van der Waals surface area contributed by atoms with Crippen molar-refractivity contribution < 1.29 is 0 Å². The highest BCUT2D eigenvalue weighted by Gasteiger charge is 2.71. The largest absolute Gasteiger partial charge is 0.196 e. The Bertz CT molecular complexity index is 557. The topological polar surface area (TPSA) is 95.2 Å². The second-order valence-electron chi connectivity index (χ2n) is 4.86.